The lowest BCUT2D eigenvalue weighted by Crippen LogP contribution is -2.41. The molecule has 0 aliphatic carbocycles. The molecule has 18 heavy (non-hydrogen) atoms. The van der Waals surface area contributed by atoms with Gasteiger partial charge in [0.15, 0.2) is 0 Å². The minimum absolute atomic E-state index is 0.157. The summed E-state index contributed by atoms with van der Waals surface area (Å²) in [7, 11) is 0. The summed E-state index contributed by atoms with van der Waals surface area (Å²) in [6.45, 7) is 8.10. The van der Waals surface area contributed by atoms with Crippen molar-refractivity contribution in [1.29, 1.82) is 0 Å². The van der Waals surface area contributed by atoms with Gasteiger partial charge in [-0.05, 0) is 32.6 Å². The number of nitrogens with one attached hydrogen (secondary N) is 1. The van der Waals surface area contributed by atoms with E-state index in [2.05, 4.69) is 5.32 Å². The van der Waals surface area contributed by atoms with Crippen LogP contribution < -0.4 is 11.1 Å². The van der Waals surface area contributed by atoms with Gasteiger partial charge in [0, 0.05) is 13.1 Å². The summed E-state index contributed by atoms with van der Waals surface area (Å²) in [5.74, 6) is 1.06. The molecule has 0 fully saturated rings. The van der Waals surface area contributed by atoms with Gasteiger partial charge in [-0.3, -0.25) is 9.59 Å². The van der Waals surface area contributed by atoms with Crippen LogP contribution in [0.1, 0.15) is 27.2 Å². The number of nitrogens with zero attached hydrogens (tertiary/aromatic N) is 1. The Bertz CT molecular complexity index is 258. The molecule has 1 atom stereocenters. The van der Waals surface area contributed by atoms with E-state index in [1.54, 1.807) is 11.8 Å². The summed E-state index contributed by atoms with van der Waals surface area (Å²) < 4.78 is 0. The fourth-order valence-electron chi connectivity index (χ4n) is 1.62. The zero-order valence-electron chi connectivity index (χ0n) is 11.6. The fourth-order valence-corrected chi connectivity index (χ4v) is 2.52. The SMILES string of the molecule is CCNC(CCSCC(=O)N(CC)CC)C(N)=O. The molecule has 0 aromatic heterocycles. The average Bonchev–Trinajstić information content (AvgIpc) is 2.34. The van der Waals surface area contributed by atoms with Crippen LogP contribution in [0.3, 0.4) is 0 Å². The highest BCUT2D eigenvalue weighted by molar-refractivity contribution is 7.99. The quantitative estimate of drug-likeness (QED) is 0.567. The third kappa shape index (κ3) is 6.86. The molecule has 1 unspecified atom stereocenters. The predicted octanol–water partition coefficient (Wildman–Crippen LogP) is 0.442. The Balaban J connectivity index is 3.83. The summed E-state index contributed by atoms with van der Waals surface area (Å²) in [4.78, 5) is 24.6. The maximum atomic E-state index is 11.7. The number of likely N-dealkylation sites (N-methyl/N-ethyl adjacent to an activating group) is 1. The van der Waals surface area contributed by atoms with E-state index < -0.39 is 0 Å². The lowest BCUT2D eigenvalue weighted by molar-refractivity contribution is -0.128. The molecule has 0 aromatic rings. The van der Waals surface area contributed by atoms with E-state index in [0.717, 1.165) is 25.4 Å². The molecule has 0 aliphatic heterocycles. The third-order valence-electron chi connectivity index (χ3n) is 2.69. The largest absolute Gasteiger partial charge is 0.368 e. The van der Waals surface area contributed by atoms with Crippen molar-refractivity contribution in [2.45, 2.75) is 33.2 Å². The van der Waals surface area contributed by atoms with E-state index in [9.17, 15) is 9.59 Å². The lowest BCUT2D eigenvalue weighted by atomic mass is 10.2. The van der Waals surface area contributed by atoms with Crippen molar-refractivity contribution >= 4 is 23.6 Å². The molecule has 5 nitrogen and oxygen atoms in total. The molecule has 0 saturated heterocycles. The molecule has 0 heterocycles. The van der Waals surface area contributed by atoms with Gasteiger partial charge < -0.3 is 16.0 Å². The highest BCUT2D eigenvalue weighted by Gasteiger charge is 2.14. The number of hydrogen-bond acceptors (Lipinski definition) is 4. The minimum Gasteiger partial charge on any atom is -0.368 e. The maximum Gasteiger partial charge on any atom is 0.234 e. The monoisotopic (exact) mass is 275 g/mol. The van der Waals surface area contributed by atoms with Gasteiger partial charge >= 0.3 is 0 Å². The fraction of sp³-hybridized carbons (Fsp3) is 0.833. The van der Waals surface area contributed by atoms with Crippen LogP contribution in [0, 0.1) is 0 Å². The van der Waals surface area contributed by atoms with Gasteiger partial charge in [0.25, 0.3) is 0 Å². The van der Waals surface area contributed by atoms with Gasteiger partial charge in [0.05, 0.1) is 11.8 Å². The Hall–Kier alpha value is -0.750. The van der Waals surface area contributed by atoms with E-state index >= 15 is 0 Å². The molecule has 3 N–H and O–H groups in total. The number of carbonyl (C=O) groups is 2. The lowest BCUT2D eigenvalue weighted by Gasteiger charge is -2.18. The van der Waals surface area contributed by atoms with Crippen molar-refractivity contribution in [3.63, 3.8) is 0 Å². The standard InChI is InChI=1S/C12H25N3O2S/c1-4-14-10(12(13)17)7-8-18-9-11(16)15(5-2)6-3/h10,14H,4-9H2,1-3H3,(H2,13,17). The Morgan fingerprint density at radius 1 is 1.28 bits per heavy atom. The van der Waals surface area contributed by atoms with Crippen LogP contribution in [-0.4, -0.2) is 53.9 Å². The first-order valence-corrected chi connectivity index (χ1v) is 7.60. The number of nitrogens with two attached hydrogens (primary N) is 1. The van der Waals surface area contributed by atoms with Gasteiger partial charge in [-0.2, -0.15) is 11.8 Å². The number of rotatable bonds is 10. The molecule has 2 amide bonds. The van der Waals surface area contributed by atoms with Crippen molar-refractivity contribution in [3.05, 3.63) is 0 Å². The molecule has 0 saturated carbocycles. The zero-order valence-corrected chi connectivity index (χ0v) is 12.4. The third-order valence-corrected chi connectivity index (χ3v) is 3.66. The second kappa shape index (κ2) is 10.2. The molecule has 106 valence electrons. The second-order valence-electron chi connectivity index (χ2n) is 3.92. The van der Waals surface area contributed by atoms with E-state index in [1.807, 2.05) is 25.7 Å². The van der Waals surface area contributed by atoms with Crippen molar-refractivity contribution in [3.8, 4) is 0 Å². The van der Waals surface area contributed by atoms with Crippen LogP contribution in [0.15, 0.2) is 0 Å². The van der Waals surface area contributed by atoms with Crippen LogP contribution in [0.25, 0.3) is 0 Å². The molecule has 0 spiro atoms. The molecular formula is C12H25N3O2S. The molecule has 0 aliphatic rings. The van der Waals surface area contributed by atoms with Gasteiger partial charge in [0.2, 0.25) is 11.8 Å². The summed E-state index contributed by atoms with van der Waals surface area (Å²) in [5, 5.41) is 3.03. The summed E-state index contributed by atoms with van der Waals surface area (Å²) in [5.41, 5.74) is 5.27. The highest BCUT2D eigenvalue weighted by atomic mass is 32.2. The van der Waals surface area contributed by atoms with Gasteiger partial charge in [-0.1, -0.05) is 6.92 Å². The Labute approximate surface area is 114 Å². The molecule has 0 rings (SSSR count). The van der Waals surface area contributed by atoms with Crippen molar-refractivity contribution in [1.82, 2.24) is 10.2 Å². The zero-order chi connectivity index (χ0) is 14.0. The minimum atomic E-state index is -0.326. The number of hydrogen-bond donors (Lipinski definition) is 2. The molecule has 0 radical (unpaired) electrons. The smallest absolute Gasteiger partial charge is 0.234 e. The van der Waals surface area contributed by atoms with Crippen LogP contribution >= 0.6 is 11.8 Å². The van der Waals surface area contributed by atoms with Crippen LogP contribution in [-0.2, 0) is 9.59 Å². The normalized spacial score (nSPS) is 12.2. The first-order valence-electron chi connectivity index (χ1n) is 6.44. The van der Waals surface area contributed by atoms with E-state index in [0.29, 0.717) is 12.2 Å². The molecule has 6 heteroatoms. The van der Waals surface area contributed by atoms with Crippen molar-refractivity contribution in [2.75, 3.05) is 31.1 Å². The topological polar surface area (TPSA) is 75.4 Å². The Morgan fingerprint density at radius 3 is 2.33 bits per heavy atom. The van der Waals surface area contributed by atoms with E-state index in [1.165, 1.54) is 0 Å². The van der Waals surface area contributed by atoms with Crippen molar-refractivity contribution in [2.24, 2.45) is 5.73 Å². The Morgan fingerprint density at radius 2 is 1.89 bits per heavy atom. The van der Waals surface area contributed by atoms with E-state index in [4.69, 9.17) is 5.73 Å². The first-order chi connectivity index (χ1) is 8.56. The molecule has 0 bridgehead atoms. The Kier molecular flexibility index (Phi) is 9.77. The number of primary amides is 1. The maximum absolute atomic E-state index is 11.7. The number of amides is 2. The first kappa shape index (κ1) is 17.2. The molecular weight excluding hydrogens is 250 g/mol. The van der Waals surface area contributed by atoms with Crippen molar-refractivity contribution < 1.29 is 9.59 Å². The highest BCUT2D eigenvalue weighted by Crippen LogP contribution is 2.07. The number of thioether (sulfide) groups is 1. The predicted molar refractivity (Wildman–Crippen MR) is 76.5 cm³/mol. The van der Waals surface area contributed by atoms with Crippen LogP contribution in [0.2, 0.25) is 0 Å². The second-order valence-corrected chi connectivity index (χ2v) is 5.03. The van der Waals surface area contributed by atoms with E-state index in [-0.39, 0.29) is 17.9 Å². The van der Waals surface area contributed by atoms with Gasteiger partial charge in [0.1, 0.15) is 0 Å². The summed E-state index contributed by atoms with van der Waals surface area (Å²) >= 11 is 1.55. The number of carbonyl (C=O) groups excluding carboxylic acids is 2. The average molecular weight is 275 g/mol. The van der Waals surface area contributed by atoms with Crippen LogP contribution in [0.4, 0.5) is 0 Å². The molecule has 0 aromatic carbocycles. The van der Waals surface area contributed by atoms with Gasteiger partial charge in [-0.15, -0.1) is 0 Å². The van der Waals surface area contributed by atoms with Crippen LogP contribution in [0.5, 0.6) is 0 Å². The summed E-state index contributed by atoms with van der Waals surface area (Å²) in [6.07, 6.45) is 0.666. The van der Waals surface area contributed by atoms with Gasteiger partial charge in [-0.25, -0.2) is 0 Å². The summed E-state index contributed by atoms with van der Waals surface area (Å²) in [6, 6.07) is -0.286.